The average molecular weight is 455 g/mol. The van der Waals surface area contributed by atoms with Gasteiger partial charge in [-0.2, -0.15) is 0 Å². The van der Waals surface area contributed by atoms with Crippen LogP contribution in [0, 0.1) is 0 Å². The van der Waals surface area contributed by atoms with Crippen molar-refractivity contribution in [2.75, 3.05) is 32.2 Å². The first-order valence-electron chi connectivity index (χ1n) is 9.05. The van der Waals surface area contributed by atoms with Gasteiger partial charge >= 0.3 is 0 Å². The highest BCUT2D eigenvalue weighted by Crippen LogP contribution is 2.33. The number of sulfone groups is 1. The van der Waals surface area contributed by atoms with E-state index in [1.807, 2.05) is 24.3 Å². The maximum atomic E-state index is 12.7. The lowest BCUT2D eigenvalue weighted by Gasteiger charge is -2.24. The summed E-state index contributed by atoms with van der Waals surface area (Å²) < 4.78 is 28.8. The molecule has 0 bridgehead atoms. The van der Waals surface area contributed by atoms with Crippen molar-refractivity contribution in [1.29, 1.82) is 0 Å². The molecular weight excluding hydrogens is 432 g/mol. The Balaban J connectivity index is 1.59. The molecule has 10 heteroatoms. The number of carbonyl (C=O) groups is 2. The van der Waals surface area contributed by atoms with Crippen molar-refractivity contribution in [3.8, 4) is 5.75 Å². The Hall–Kier alpha value is -1.91. The van der Waals surface area contributed by atoms with Crippen molar-refractivity contribution in [1.82, 2.24) is 9.80 Å². The first-order chi connectivity index (χ1) is 13.7. The van der Waals surface area contributed by atoms with Crippen molar-refractivity contribution in [3.05, 3.63) is 34.7 Å². The number of hydrogen-bond acceptors (Lipinski definition) is 7. The molecule has 7 nitrogen and oxygen atoms in total. The van der Waals surface area contributed by atoms with Gasteiger partial charge < -0.3 is 9.64 Å². The summed E-state index contributed by atoms with van der Waals surface area (Å²) in [7, 11) is 0.139. The molecule has 2 amide bonds. The molecule has 0 saturated carbocycles. The molecule has 1 aromatic carbocycles. The molecule has 0 N–H and O–H groups in total. The molecule has 2 fully saturated rings. The van der Waals surface area contributed by atoms with Gasteiger partial charge in [-0.1, -0.05) is 36.1 Å². The molecule has 1 aromatic rings. The maximum absolute atomic E-state index is 12.7. The third-order valence-corrected chi connectivity index (χ3v) is 8.11. The molecular formula is C19H22N2O5S3. The van der Waals surface area contributed by atoms with Gasteiger partial charge in [0.15, 0.2) is 9.84 Å². The number of thioether (sulfide) groups is 1. The smallest absolute Gasteiger partial charge is 0.266 e. The summed E-state index contributed by atoms with van der Waals surface area (Å²) in [5, 5.41) is 0. The van der Waals surface area contributed by atoms with Gasteiger partial charge in [0.25, 0.3) is 5.91 Å². The van der Waals surface area contributed by atoms with E-state index in [-0.39, 0.29) is 42.3 Å². The maximum Gasteiger partial charge on any atom is 0.266 e. The van der Waals surface area contributed by atoms with Crippen molar-refractivity contribution in [2.45, 2.75) is 18.9 Å². The minimum atomic E-state index is -3.06. The van der Waals surface area contributed by atoms with Gasteiger partial charge in [-0.15, -0.1) is 0 Å². The summed E-state index contributed by atoms with van der Waals surface area (Å²) in [5.74, 6) is 0.420. The average Bonchev–Trinajstić information content (AvgIpc) is 3.18. The number of benzene rings is 1. The van der Waals surface area contributed by atoms with E-state index in [4.69, 9.17) is 17.0 Å². The summed E-state index contributed by atoms with van der Waals surface area (Å²) in [6.07, 6.45) is 2.31. The fourth-order valence-corrected chi connectivity index (χ4v) is 6.30. The van der Waals surface area contributed by atoms with Gasteiger partial charge in [-0.3, -0.25) is 14.5 Å². The van der Waals surface area contributed by atoms with Crippen LogP contribution in [-0.4, -0.2) is 72.6 Å². The molecule has 0 spiro atoms. The molecule has 1 atom stereocenters. The van der Waals surface area contributed by atoms with Gasteiger partial charge in [0.05, 0.1) is 23.5 Å². The fraction of sp³-hybridized carbons (Fsp3) is 0.421. The number of hydrogen-bond donors (Lipinski definition) is 0. The van der Waals surface area contributed by atoms with Crippen molar-refractivity contribution < 1.29 is 22.7 Å². The molecule has 2 aliphatic rings. The number of methoxy groups -OCH3 is 1. The van der Waals surface area contributed by atoms with Crippen molar-refractivity contribution in [2.24, 2.45) is 0 Å². The summed E-state index contributed by atoms with van der Waals surface area (Å²) in [4.78, 5) is 28.6. The standard InChI is InChI=1S/C19H22N2O5S3/c1-20(14-8-10-29(24,25)12-14)17(22)7-9-21-18(23)16(28-19(21)27)11-13-3-5-15(26-2)6-4-13/h3-6,11,14H,7-10,12H2,1-2H3/b16-11-/t14-/m0/s1. The van der Waals surface area contributed by atoms with Crippen LogP contribution in [0.3, 0.4) is 0 Å². The number of ether oxygens (including phenoxy) is 1. The molecule has 0 aliphatic carbocycles. The zero-order chi connectivity index (χ0) is 21.2. The largest absolute Gasteiger partial charge is 0.497 e. The zero-order valence-electron chi connectivity index (χ0n) is 16.2. The Labute approximate surface area is 180 Å². The Morgan fingerprint density at radius 1 is 1.38 bits per heavy atom. The van der Waals surface area contributed by atoms with Crippen LogP contribution in [0.1, 0.15) is 18.4 Å². The topological polar surface area (TPSA) is 84.0 Å². The molecule has 29 heavy (non-hydrogen) atoms. The Bertz CT molecular complexity index is 957. The summed E-state index contributed by atoms with van der Waals surface area (Å²) >= 11 is 6.51. The Morgan fingerprint density at radius 2 is 2.07 bits per heavy atom. The van der Waals surface area contributed by atoms with E-state index in [2.05, 4.69) is 0 Å². The lowest BCUT2D eigenvalue weighted by molar-refractivity contribution is -0.132. The normalized spacial score (nSPS) is 22.3. The van der Waals surface area contributed by atoms with Crippen molar-refractivity contribution in [3.63, 3.8) is 0 Å². The third-order valence-electron chi connectivity index (χ3n) is 4.99. The van der Waals surface area contributed by atoms with Crippen LogP contribution < -0.4 is 4.74 Å². The quantitative estimate of drug-likeness (QED) is 0.480. The molecule has 0 radical (unpaired) electrons. The lowest BCUT2D eigenvalue weighted by atomic mass is 10.2. The van der Waals surface area contributed by atoms with E-state index in [0.717, 1.165) is 11.3 Å². The molecule has 156 valence electrons. The van der Waals surface area contributed by atoms with Gasteiger partial charge in [0, 0.05) is 26.1 Å². The van der Waals surface area contributed by atoms with Crippen molar-refractivity contribution >= 4 is 56.0 Å². The molecule has 2 saturated heterocycles. The van der Waals surface area contributed by atoms with Gasteiger partial charge in [0.1, 0.15) is 10.1 Å². The minimum absolute atomic E-state index is 0.000889. The van der Waals surface area contributed by atoms with Crippen LogP contribution in [0.5, 0.6) is 5.75 Å². The zero-order valence-corrected chi connectivity index (χ0v) is 18.6. The highest BCUT2D eigenvalue weighted by atomic mass is 32.2. The molecule has 2 aliphatic heterocycles. The Kier molecular flexibility index (Phi) is 6.65. The monoisotopic (exact) mass is 454 g/mol. The first-order valence-corrected chi connectivity index (χ1v) is 12.1. The van der Waals surface area contributed by atoms with E-state index >= 15 is 0 Å². The predicted octanol–water partition coefficient (Wildman–Crippen LogP) is 1.93. The highest BCUT2D eigenvalue weighted by molar-refractivity contribution is 8.26. The van der Waals surface area contributed by atoms with Crippen LogP contribution in [0.4, 0.5) is 0 Å². The number of nitrogens with zero attached hydrogens (tertiary/aromatic N) is 2. The van der Waals surface area contributed by atoms with E-state index < -0.39 is 9.84 Å². The van der Waals surface area contributed by atoms with Crippen LogP contribution in [0.25, 0.3) is 6.08 Å². The summed E-state index contributed by atoms with van der Waals surface area (Å²) in [6.45, 7) is 0.174. The highest BCUT2D eigenvalue weighted by Gasteiger charge is 2.35. The predicted molar refractivity (Wildman–Crippen MR) is 117 cm³/mol. The second-order valence-corrected chi connectivity index (χ2v) is 10.8. The number of amides is 2. The molecule has 0 unspecified atom stereocenters. The lowest BCUT2D eigenvalue weighted by Crippen LogP contribution is -2.40. The minimum Gasteiger partial charge on any atom is -0.497 e. The Morgan fingerprint density at radius 3 is 2.66 bits per heavy atom. The molecule has 3 rings (SSSR count). The van der Waals surface area contributed by atoms with Crippen LogP contribution in [0.15, 0.2) is 29.2 Å². The first kappa shape index (κ1) is 21.8. The molecule has 2 heterocycles. The van der Waals surface area contributed by atoms with Crippen LogP contribution >= 0.6 is 24.0 Å². The van der Waals surface area contributed by atoms with E-state index in [1.165, 1.54) is 21.6 Å². The summed E-state index contributed by atoms with van der Waals surface area (Å²) in [6, 6.07) is 7.02. The van der Waals surface area contributed by atoms with Gasteiger partial charge in [-0.25, -0.2) is 8.42 Å². The second kappa shape index (κ2) is 8.85. The molecule has 0 aromatic heterocycles. The SMILES string of the molecule is COc1ccc(/C=C2\SC(=S)N(CCC(=O)N(C)[C@H]3CCS(=O)(=O)C3)C2=O)cc1. The van der Waals surface area contributed by atoms with E-state index in [0.29, 0.717) is 15.6 Å². The second-order valence-electron chi connectivity index (χ2n) is 6.92. The van der Waals surface area contributed by atoms with E-state index in [1.54, 1.807) is 20.2 Å². The van der Waals surface area contributed by atoms with Crippen LogP contribution in [0.2, 0.25) is 0 Å². The van der Waals surface area contributed by atoms with Gasteiger partial charge in [-0.05, 0) is 30.2 Å². The fourth-order valence-electron chi connectivity index (χ4n) is 3.21. The van der Waals surface area contributed by atoms with E-state index in [9.17, 15) is 18.0 Å². The number of carbonyl (C=O) groups excluding carboxylic acids is 2. The number of rotatable bonds is 6. The van der Waals surface area contributed by atoms with Gasteiger partial charge in [0.2, 0.25) is 5.91 Å². The third kappa shape index (κ3) is 5.18. The number of thiocarbonyl (C=S) groups is 1. The van der Waals surface area contributed by atoms with Crippen LogP contribution in [-0.2, 0) is 19.4 Å². The summed E-state index contributed by atoms with van der Waals surface area (Å²) in [5.41, 5.74) is 0.851.